The third-order valence-corrected chi connectivity index (χ3v) is 4.01. The van der Waals surface area contributed by atoms with E-state index in [9.17, 15) is 4.79 Å². The highest BCUT2D eigenvalue weighted by Gasteiger charge is 2.11. The van der Waals surface area contributed by atoms with Crippen LogP contribution in [-0.4, -0.2) is 11.2 Å². The van der Waals surface area contributed by atoms with Gasteiger partial charge in [-0.1, -0.05) is 23.7 Å². The van der Waals surface area contributed by atoms with E-state index in [0.29, 0.717) is 23.1 Å². The van der Waals surface area contributed by atoms with Gasteiger partial charge in [-0.05, 0) is 48.0 Å². The van der Waals surface area contributed by atoms with Gasteiger partial charge < -0.3 is 4.18 Å². The summed E-state index contributed by atoms with van der Waals surface area (Å²) in [6, 6.07) is 12.1. The predicted molar refractivity (Wildman–Crippen MR) is 94.4 cm³/mol. The monoisotopic (exact) mass is 349 g/mol. The molecule has 1 heterocycles. The van der Waals surface area contributed by atoms with Crippen LogP contribution in [0.4, 0.5) is 0 Å². The second-order valence-electron chi connectivity index (χ2n) is 4.70. The van der Waals surface area contributed by atoms with Gasteiger partial charge in [0, 0.05) is 17.3 Å². The molecule has 23 heavy (non-hydrogen) atoms. The smallest absolute Gasteiger partial charge is 0.255 e. The zero-order valence-corrected chi connectivity index (χ0v) is 13.9. The van der Waals surface area contributed by atoms with Crippen molar-refractivity contribution in [2.45, 2.75) is 6.92 Å². The maximum atomic E-state index is 12.2. The van der Waals surface area contributed by atoms with Crippen molar-refractivity contribution >= 4 is 34.7 Å². The number of hydrogen-bond acceptors (Lipinski definition) is 4. The van der Waals surface area contributed by atoms with E-state index in [1.165, 1.54) is 10.6 Å². The van der Waals surface area contributed by atoms with Gasteiger partial charge in [0.25, 0.3) is 5.56 Å². The summed E-state index contributed by atoms with van der Waals surface area (Å²) >= 11 is 6.90. The average molecular weight is 350 g/mol. The molecule has 0 radical (unpaired) electrons. The van der Waals surface area contributed by atoms with Crippen molar-refractivity contribution in [3.63, 3.8) is 0 Å². The molecule has 3 aromatic rings. The molecule has 4 nitrogen and oxygen atoms in total. The summed E-state index contributed by atoms with van der Waals surface area (Å²) in [4.78, 5) is 12.2. The topological polar surface area (TPSA) is 40.5 Å². The third kappa shape index (κ3) is 3.52. The molecule has 0 amide bonds. The lowest BCUT2D eigenvalue weighted by molar-refractivity contribution is 0.369. The quantitative estimate of drug-likeness (QED) is 0.497. The number of fused-ring (bicyclic) bond motifs is 1. The van der Waals surface area contributed by atoms with E-state index in [2.05, 4.69) is 0 Å². The van der Waals surface area contributed by atoms with Gasteiger partial charge in [0.15, 0.2) is 5.75 Å². The largest absolute Gasteiger partial charge is 0.398 e. The van der Waals surface area contributed by atoms with Crippen LogP contribution < -0.4 is 9.74 Å². The minimum absolute atomic E-state index is 0.162. The maximum absolute atomic E-state index is 12.2. The molecule has 0 bridgehead atoms. The van der Waals surface area contributed by atoms with Crippen LogP contribution in [0, 0.1) is 0 Å². The first-order chi connectivity index (χ1) is 11.6. The molecule has 0 spiro atoms. The minimum atomic E-state index is -0.304. The summed E-state index contributed by atoms with van der Waals surface area (Å²) in [6.45, 7) is 2.35. The molecule has 0 N–H and O–H groups in total. The summed E-state index contributed by atoms with van der Waals surface area (Å²) in [5.74, 6) is 0.475. The van der Waals surface area contributed by atoms with Crippen molar-refractivity contribution in [3.05, 3.63) is 70.1 Å². The lowest BCUT2D eigenvalue weighted by Crippen LogP contribution is -2.16. The normalized spacial score (nSPS) is 11.5. The number of benzene rings is 2. The predicted octanol–water partition coefficient (Wildman–Crippen LogP) is 4.62. The van der Waals surface area contributed by atoms with E-state index in [-0.39, 0.29) is 11.6 Å². The molecule has 0 aliphatic carbocycles. The van der Waals surface area contributed by atoms with Gasteiger partial charge in [-0.2, -0.15) is 0 Å². The van der Waals surface area contributed by atoms with Crippen LogP contribution in [0.15, 0.2) is 59.5 Å². The first-order valence-corrected chi connectivity index (χ1v) is 8.02. The maximum Gasteiger partial charge on any atom is 0.255 e. The zero-order valence-electron chi connectivity index (χ0n) is 13.3. The Bertz CT molecular complexity index is 945. The second kappa shape index (κ2) is 7.08. The van der Waals surface area contributed by atoms with Gasteiger partial charge in [-0.25, -0.2) is 0 Å². The van der Waals surface area contributed by atoms with Gasteiger partial charge >= 0.3 is 0 Å². The first kappa shape index (κ1) is 14.6. The Labute approximate surface area is 144 Å². The lowest BCUT2D eigenvalue weighted by Gasteiger charge is -2.13. The molecule has 118 valence electrons. The van der Waals surface area contributed by atoms with Gasteiger partial charge in [0.1, 0.15) is 0 Å². The van der Waals surface area contributed by atoms with Crippen molar-refractivity contribution in [3.8, 4) is 11.4 Å². The van der Waals surface area contributed by atoms with Crippen LogP contribution in [-0.2, 0) is 4.18 Å². The highest BCUT2D eigenvalue weighted by molar-refractivity contribution is 7.90. The molecule has 0 atom stereocenters. The lowest BCUT2D eigenvalue weighted by atomic mass is 10.1. The van der Waals surface area contributed by atoms with E-state index in [1.54, 1.807) is 18.3 Å². The Morgan fingerprint density at radius 2 is 2.13 bits per heavy atom. The van der Waals surface area contributed by atoms with Gasteiger partial charge in [-0.15, -0.1) is 0 Å². The fourth-order valence-electron chi connectivity index (χ4n) is 2.18. The number of rotatable bonds is 5. The van der Waals surface area contributed by atoms with E-state index in [0.717, 1.165) is 23.1 Å². The number of hydrogen-bond donors (Lipinski definition) is 0. The number of nitrogens with zero attached hydrogens (tertiary/aromatic N) is 1. The first-order valence-electron chi connectivity index (χ1n) is 7.47. The molecule has 0 fully saturated rings. The summed E-state index contributed by atoms with van der Waals surface area (Å²) in [5, 5.41) is 2.43. The van der Waals surface area contributed by atoms with Crippen LogP contribution >= 0.6 is 23.9 Å². The Morgan fingerprint density at radius 1 is 1.26 bits per heavy atom. The molecular formula is C17H14ClNO3S. The minimum Gasteiger partial charge on any atom is -0.398 e. The van der Waals surface area contributed by atoms with E-state index in [4.69, 9.17) is 21.3 Å². The molecule has 0 saturated carbocycles. The molecular weight excluding hydrogens is 334 g/mol. The Balaban J connectivity index is 2.17. The second-order valence-corrected chi connectivity index (χ2v) is 5.68. The van der Waals surface area contributed by atoms with Crippen LogP contribution in [0.1, 0.15) is 8.29 Å². The van der Waals surface area contributed by atoms with Crippen molar-refractivity contribution < 1.29 is 9.74 Å². The fourth-order valence-corrected chi connectivity index (χ4v) is 2.71. The van der Waals surface area contributed by atoms with Crippen LogP contribution in [0.2, 0.25) is 5.02 Å². The van der Waals surface area contributed by atoms with Crippen molar-refractivity contribution in [2.24, 2.45) is 0 Å². The molecule has 0 saturated heterocycles. The van der Waals surface area contributed by atoms with E-state index < -0.39 is 0 Å². The van der Waals surface area contributed by atoms with E-state index in [1.807, 2.05) is 31.2 Å². The molecule has 1 aromatic heterocycles. The third-order valence-electron chi connectivity index (χ3n) is 3.19. The van der Waals surface area contributed by atoms with Gasteiger partial charge in [-0.3, -0.25) is 13.5 Å². The number of pyridine rings is 1. The SMILES string of the molecule is [3H]c1ccn(-c2cc3ccc(Cl)cc3cc2OSOCC)c(=O)c1. The Morgan fingerprint density at radius 3 is 2.91 bits per heavy atom. The zero-order chi connectivity index (χ0) is 17.1. The van der Waals surface area contributed by atoms with Crippen LogP contribution in [0.3, 0.4) is 0 Å². The standard InChI is InChI=1S/C17H14ClNO3S/c1-2-21-23-22-16-11-13-9-14(18)7-6-12(13)10-15(16)19-8-4-3-5-17(19)20/h3-11H,2H2,1H3/i3T. The molecule has 0 unspecified atom stereocenters. The van der Waals surface area contributed by atoms with Crippen molar-refractivity contribution in [1.29, 1.82) is 0 Å². The summed E-state index contributed by atoms with van der Waals surface area (Å²) in [6.07, 6.45) is 1.56. The van der Waals surface area contributed by atoms with Crippen LogP contribution in [0.5, 0.6) is 5.75 Å². The number of aromatic nitrogens is 1. The fraction of sp³-hybridized carbons (Fsp3) is 0.118. The van der Waals surface area contributed by atoms with Crippen molar-refractivity contribution in [2.75, 3.05) is 6.61 Å². The molecule has 6 heteroatoms. The highest BCUT2D eigenvalue weighted by Crippen LogP contribution is 2.32. The van der Waals surface area contributed by atoms with Crippen LogP contribution in [0.25, 0.3) is 16.5 Å². The van der Waals surface area contributed by atoms with Gasteiger partial charge in [0.2, 0.25) is 12.3 Å². The Kier molecular flexibility index (Phi) is 4.51. The summed E-state index contributed by atoms with van der Waals surface area (Å²) in [7, 11) is 0. The average Bonchev–Trinajstić information content (AvgIpc) is 2.55. The summed E-state index contributed by atoms with van der Waals surface area (Å²) in [5.41, 5.74) is 0.268. The van der Waals surface area contributed by atoms with Crippen molar-refractivity contribution in [1.82, 2.24) is 4.57 Å². The number of halogens is 1. The molecule has 3 rings (SSSR count). The van der Waals surface area contributed by atoms with E-state index >= 15 is 0 Å². The molecule has 2 aromatic carbocycles. The van der Waals surface area contributed by atoms with Gasteiger partial charge in [0.05, 0.1) is 13.7 Å². The highest BCUT2D eigenvalue weighted by atomic mass is 35.5. The molecule has 0 aliphatic heterocycles. The summed E-state index contributed by atoms with van der Waals surface area (Å²) < 4.78 is 19.8. The molecule has 0 aliphatic rings. The Hall–Kier alpha value is -1.95.